The molecule has 0 aliphatic carbocycles. The number of benzene rings is 2. The molecule has 0 aliphatic heterocycles. The highest BCUT2D eigenvalue weighted by atomic mass is 35.5. The van der Waals surface area contributed by atoms with Gasteiger partial charge in [-0.2, -0.15) is 13.2 Å². The van der Waals surface area contributed by atoms with E-state index in [2.05, 4.69) is 5.32 Å². The molecule has 2 rings (SSSR count). The Labute approximate surface area is 190 Å². The van der Waals surface area contributed by atoms with Gasteiger partial charge in [0.1, 0.15) is 12.4 Å². The van der Waals surface area contributed by atoms with E-state index < -0.39 is 26.8 Å². The molecule has 0 radical (unpaired) electrons. The molecule has 0 saturated heterocycles. The standard InChI is InChI=1S/C21H24ClF3N2O4S/c1-15-5-3-6-17(13-15)31-12-10-26-20(28)7-4-11-27(32(2,29)30)16-8-9-19(22)18(14-16)21(23,24)25/h3,5-6,8-9,13-14H,4,7,10-12H2,1-2H3,(H,26,28). The lowest BCUT2D eigenvalue weighted by Gasteiger charge is -2.23. The number of hydrogen-bond acceptors (Lipinski definition) is 4. The minimum absolute atomic E-state index is 0.00379. The van der Waals surface area contributed by atoms with Crippen molar-refractivity contribution in [3.8, 4) is 5.75 Å². The highest BCUT2D eigenvalue weighted by Gasteiger charge is 2.34. The molecular weight excluding hydrogens is 469 g/mol. The van der Waals surface area contributed by atoms with Gasteiger partial charge in [0.05, 0.1) is 29.1 Å². The van der Waals surface area contributed by atoms with E-state index >= 15 is 0 Å². The Kier molecular flexibility index (Phi) is 8.80. The molecule has 0 saturated carbocycles. The quantitative estimate of drug-likeness (QED) is 0.498. The molecule has 0 aromatic heterocycles. The fourth-order valence-corrected chi connectivity index (χ4v) is 4.09. The van der Waals surface area contributed by atoms with E-state index in [9.17, 15) is 26.4 Å². The lowest BCUT2D eigenvalue weighted by atomic mass is 10.2. The SMILES string of the molecule is Cc1cccc(OCCNC(=O)CCCN(c2ccc(Cl)c(C(F)(F)F)c2)S(C)(=O)=O)c1. The predicted octanol–water partition coefficient (Wildman–Crippen LogP) is 4.41. The summed E-state index contributed by atoms with van der Waals surface area (Å²) in [6.45, 7) is 2.29. The molecule has 0 fully saturated rings. The van der Waals surface area contributed by atoms with Gasteiger partial charge in [0.2, 0.25) is 15.9 Å². The highest BCUT2D eigenvalue weighted by Crippen LogP contribution is 2.37. The van der Waals surface area contributed by atoms with Gasteiger partial charge < -0.3 is 10.1 Å². The van der Waals surface area contributed by atoms with Crippen molar-refractivity contribution in [3.05, 3.63) is 58.6 Å². The number of carbonyl (C=O) groups excluding carboxylic acids is 1. The van der Waals surface area contributed by atoms with Gasteiger partial charge in [-0.25, -0.2) is 8.42 Å². The third-order valence-electron chi connectivity index (χ3n) is 4.39. The maximum absolute atomic E-state index is 13.1. The van der Waals surface area contributed by atoms with Crippen LogP contribution in [0.15, 0.2) is 42.5 Å². The number of aryl methyl sites for hydroxylation is 1. The Bertz CT molecular complexity index is 1050. The van der Waals surface area contributed by atoms with Crippen LogP contribution in [0.1, 0.15) is 24.0 Å². The van der Waals surface area contributed by atoms with Crippen LogP contribution in [0, 0.1) is 6.92 Å². The van der Waals surface area contributed by atoms with E-state index in [1.165, 1.54) is 6.07 Å². The van der Waals surface area contributed by atoms with Gasteiger partial charge in [-0.05, 0) is 49.2 Å². The Morgan fingerprint density at radius 1 is 1.19 bits per heavy atom. The van der Waals surface area contributed by atoms with E-state index in [0.717, 1.165) is 22.2 Å². The molecule has 2 aromatic carbocycles. The zero-order chi connectivity index (χ0) is 23.9. The molecule has 0 atom stereocenters. The minimum atomic E-state index is -4.73. The van der Waals surface area contributed by atoms with Gasteiger partial charge in [0, 0.05) is 13.0 Å². The Morgan fingerprint density at radius 2 is 1.91 bits per heavy atom. The van der Waals surface area contributed by atoms with Crippen LogP contribution < -0.4 is 14.4 Å². The summed E-state index contributed by atoms with van der Waals surface area (Å²) >= 11 is 5.60. The largest absolute Gasteiger partial charge is 0.492 e. The fourth-order valence-electron chi connectivity index (χ4n) is 2.91. The number of carbonyl (C=O) groups is 1. The number of amides is 1. The lowest BCUT2D eigenvalue weighted by molar-refractivity contribution is -0.137. The highest BCUT2D eigenvalue weighted by molar-refractivity contribution is 7.92. The van der Waals surface area contributed by atoms with Crippen LogP contribution in [0.25, 0.3) is 0 Å². The number of nitrogens with zero attached hydrogens (tertiary/aromatic N) is 1. The van der Waals surface area contributed by atoms with E-state index in [1.807, 2.05) is 25.1 Å². The molecule has 6 nitrogen and oxygen atoms in total. The van der Waals surface area contributed by atoms with Crippen LogP contribution in [0.3, 0.4) is 0 Å². The fraction of sp³-hybridized carbons (Fsp3) is 0.381. The zero-order valence-corrected chi connectivity index (χ0v) is 19.1. The van der Waals surface area contributed by atoms with E-state index in [-0.39, 0.29) is 44.1 Å². The number of rotatable bonds is 10. The molecule has 0 heterocycles. The summed E-state index contributed by atoms with van der Waals surface area (Å²) in [6.07, 6.45) is -3.73. The number of hydrogen-bond donors (Lipinski definition) is 1. The second kappa shape index (κ2) is 10.9. The van der Waals surface area contributed by atoms with Gasteiger partial charge in [0.15, 0.2) is 0 Å². The molecule has 1 amide bonds. The van der Waals surface area contributed by atoms with Crippen molar-refractivity contribution in [2.75, 3.05) is 30.3 Å². The van der Waals surface area contributed by atoms with E-state index in [0.29, 0.717) is 11.8 Å². The first-order valence-electron chi connectivity index (χ1n) is 9.68. The molecule has 11 heteroatoms. The number of halogens is 4. The second-order valence-electron chi connectivity index (χ2n) is 7.12. The first-order chi connectivity index (χ1) is 14.9. The topological polar surface area (TPSA) is 75.7 Å². The summed E-state index contributed by atoms with van der Waals surface area (Å²) in [7, 11) is -3.87. The van der Waals surface area contributed by atoms with Gasteiger partial charge in [-0.1, -0.05) is 23.7 Å². The van der Waals surface area contributed by atoms with Crippen LogP contribution in [-0.2, 0) is 21.0 Å². The summed E-state index contributed by atoms with van der Waals surface area (Å²) in [4.78, 5) is 12.0. The summed E-state index contributed by atoms with van der Waals surface area (Å²) in [5.74, 6) is 0.364. The zero-order valence-electron chi connectivity index (χ0n) is 17.6. The summed E-state index contributed by atoms with van der Waals surface area (Å²) in [6, 6.07) is 10.3. The second-order valence-corrected chi connectivity index (χ2v) is 9.43. The Balaban J connectivity index is 1.88. The van der Waals surface area contributed by atoms with Crippen LogP contribution in [-0.4, -0.2) is 40.3 Å². The molecule has 0 unspecified atom stereocenters. The van der Waals surface area contributed by atoms with Crippen molar-refractivity contribution in [3.63, 3.8) is 0 Å². The van der Waals surface area contributed by atoms with Crippen molar-refractivity contribution < 1.29 is 31.1 Å². The molecule has 0 spiro atoms. The Hall–Kier alpha value is -2.46. The van der Waals surface area contributed by atoms with Crippen LogP contribution >= 0.6 is 11.6 Å². The molecule has 176 valence electrons. The van der Waals surface area contributed by atoms with Gasteiger partial charge in [-0.3, -0.25) is 9.10 Å². The first kappa shape index (κ1) is 25.8. The smallest absolute Gasteiger partial charge is 0.417 e. The number of alkyl halides is 3. The number of ether oxygens (including phenoxy) is 1. The molecule has 2 aromatic rings. The van der Waals surface area contributed by atoms with Crippen LogP contribution in [0.2, 0.25) is 5.02 Å². The van der Waals surface area contributed by atoms with E-state index in [4.69, 9.17) is 16.3 Å². The number of anilines is 1. The van der Waals surface area contributed by atoms with Crippen LogP contribution in [0.5, 0.6) is 5.75 Å². The normalized spacial score (nSPS) is 11.8. The van der Waals surface area contributed by atoms with Crippen LogP contribution in [0.4, 0.5) is 18.9 Å². The summed E-state index contributed by atoms with van der Waals surface area (Å²) in [5.41, 5.74) is -0.252. The molecular formula is C21H24ClF3N2O4S. The van der Waals surface area contributed by atoms with Crippen molar-refractivity contribution in [1.29, 1.82) is 0 Å². The summed E-state index contributed by atoms with van der Waals surface area (Å²) < 4.78 is 69.9. The first-order valence-corrected chi connectivity index (χ1v) is 11.9. The van der Waals surface area contributed by atoms with Gasteiger partial charge in [-0.15, -0.1) is 0 Å². The molecule has 1 N–H and O–H groups in total. The van der Waals surface area contributed by atoms with Crippen molar-refractivity contribution in [2.24, 2.45) is 0 Å². The third kappa shape index (κ3) is 7.90. The molecule has 0 bridgehead atoms. The maximum Gasteiger partial charge on any atom is 0.417 e. The number of sulfonamides is 1. The minimum Gasteiger partial charge on any atom is -0.492 e. The van der Waals surface area contributed by atoms with Gasteiger partial charge in [0.25, 0.3) is 0 Å². The lowest BCUT2D eigenvalue weighted by Crippen LogP contribution is -2.33. The predicted molar refractivity (Wildman–Crippen MR) is 118 cm³/mol. The average Bonchev–Trinajstić information content (AvgIpc) is 2.67. The molecule has 0 aliphatic rings. The van der Waals surface area contributed by atoms with E-state index in [1.54, 1.807) is 6.07 Å². The van der Waals surface area contributed by atoms with Crippen molar-refractivity contribution in [2.45, 2.75) is 25.9 Å². The molecule has 32 heavy (non-hydrogen) atoms. The average molecular weight is 493 g/mol. The van der Waals surface area contributed by atoms with Crippen molar-refractivity contribution >= 4 is 33.2 Å². The van der Waals surface area contributed by atoms with Gasteiger partial charge >= 0.3 is 6.18 Å². The summed E-state index contributed by atoms with van der Waals surface area (Å²) in [5, 5.41) is 2.13. The van der Waals surface area contributed by atoms with Crippen molar-refractivity contribution in [1.82, 2.24) is 5.32 Å². The third-order valence-corrected chi connectivity index (χ3v) is 5.91. The number of nitrogens with one attached hydrogen (secondary N) is 1. The maximum atomic E-state index is 13.1. The Morgan fingerprint density at radius 3 is 2.53 bits per heavy atom. The monoisotopic (exact) mass is 492 g/mol.